The van der Waals surface area contributed by atoms with E-state index in [2.05, 4.69) is 12.1 Å². The fraction of sp³-hybridized carbons (Fsp3) is 0.350. The van der Waals surface area contributed by atoms with E-state index in [1.54, 1.807) is 0 Å². The van der Waals surface area contributed by atoms with E-state index in [1.807, 2.05) is 36.4 Å². The van der Waals surface area contributed by atoms with Crippen molar-refractivity contribution in [2.24, 2.45) is 0 Å². The van der Waals surface area contributed by atoms with Crippen molar-refractivity contribution in [3.8, 4) is 5.75 Å². The highest BCUT2D eigenvalue weighted by molar-refractivity contribution is 8.93. The molecule has 0 radical (unpaired) electrons. The zero-order valence-corrected chi connectivity index (χ0v) is 16.0. The van der Waals surface area contributed by atoms with Crippen molar-refractivity contribution in [2.45, 2.75) is 38.5 Å². The fourth-order valence-corrected chi connectivity index (χ4v) is 2.58. The molecule has 4 nitrogen and oxygen atoms in total. The van der Waals surface area contributed by atoms with Gasteiger partial charge < -0.3 is 15.6 Å². The van der Waals surface area contributed by atoms with Crippen LogP contribution < -0.4 is 10.5 Å². The molecule has 0 unspecified atom stereocenters. The highest BCUT2D eigenvalue weighted by atomic mass is 79.9. The van der Waals surface area contributed by atoms with E-state index < -0.39 is 5.97 Å². The largest absolute Gasteiger partial charge is 0.491 e. The molecule has 25 heavy (non-hydrogen) atoms. The number of carboxylic acid groups (broad SMARTS) is 1. The van der Waals surface area contributed by atoms with Crippen molar-refractivity contribution in [1.82, 2.24) is 0 Å². The van der Waals surface area contributed by atoms with Crippen LogP contribution in [0.2, 0.25) is 0 Å². The van der Waals surface area contributed by atoms with Crippen LogP contribution >= 0.6 is 17.0 Å². The highest BCUT2D eigenvalue weighted by Gasteiger charge is 2.03. The molecule has 0 aliphatic heterocycles. The summed E-state index contributed by atoms with van der Waals surface area (Å²) in [7, 11) is 0. The molecule has 136 valence electrons. The van der Waals surface area contributed by atoms with E-state index in [0.717, 1.165) is 37.9 Å². The number of nitrogen functional groups attached to an aromatic ring is 1. The van der Waals surface area contributed by atoms with E-state index in [-0.39, 0.29) is 23.4 Å². The highest BCUT2D eigenvalue weighted by Crippen LogP contribution is 2.24. The monoisotopic (exact) mass is 407 g/mol. The molecule has 0 atom stereocenters. The molecule has 2 aromatic carbocycles. The van der Waals surface area contributed by atoms with Gasteiger partial charge in [-0.25, -0.2) is 0 Å². The summed E-state index contributed by atoms with van der Waals surface area (Å²) in [6, 6.07) is 16.2. The van der Waals surface area contributed by atoms with Crippen LogP contribution in [-0.4, -0.2) is 17.7 Å². The topological polar surface area (TPSA) is 72.5 Å². The summed E-state index contributed by atoms with van der Waals surface area (Å²) in [6.07, 6.45) is 4.63. The second-order valence-electron chi connectivity index (χ2n) is 5.94. The normalized spacial score (nSPS) is 10.1. The molecule has 0 amide bonds. The van der Waals surface area contributed by atoms with Gasteiger partial charge in [-0.05, 0) is 42.5 Å². The number of anilines is 1. The lowest BCUT2D eigenvalue weighted by Crippen LogP contribution is -2.01. The summed E-state index contributed by atoms with van der Waals surface area (Å²) >= 11 is 0. The molecular weight excluding hydrogens is 382 g/mol. The number of hydrogen-bond donors (Lipinski definition) is 2. The van der Waals surface area contributed by atoms with Crippen LogP contribution in [0.15, 0.2) is 48.5 Å². The van der Waals surface area contributed by atoms with Gasteiger partial charge in [0.1, 0.15) is 5.75 Å². The molecule has 2 rings (SSSR count). The Morgan fingerprint density at radius 3 is 2.36 bits per heavy atom. The maximum atomic E-state index is 10.4. The van der Waals surface area contributed by atoms with Gasteiger partial charge in [0, 0.05) is 6.42 Å². The van der Waals surface area contributed by atoms with Gasteiger partial charge in [0.25, 0.3) is 0 Å². The van der Waals surface area contributed by atoms with Gasteiger partial charge in [-0.15, -0.1) is 17.0 Å². The van der Waals surface area contributed by atoms with Crippen molar-refractivity contribution >= 4 is 28.6 Å². The fourth-order valence-electron chi connectivity index (χ4n) is 2.58. The zero-order chi connectivity index (χ0) is 17.2. The van der Waals surface area contributed by atoms with Crippen LogP contribution in [-0.2, 0) is 11.2 Å². The van der Waals surface area contributed by atoms with Gasteiger partial charge in [-0.2, -0.15) is 0 Å². The number of rotatable bonds is 10. The third-order valence-corrected chi connectivity index (χ3v) is 3.87. The molecule has 0 aromatic heterocycles. The quantitative estimate of drug-likeness (QED) is 0.435. The molecule has 0 aliphatic carbocycles. The standard InChI is InChI=1S/C20H25NO3.BrH/c21-18-15-17(14-16-8-4-3-5-9-16)11-12-19(18)24-13-7-2-1-6-10-20(22)23;/h3-5,8-9,11-12,15H,1-2,6-7,10,13-14,21H2,(H,22,23);1H. The Morgan fingerprint density at radius 1 is 0.960 bits per heavy atom. The Balaban J connectivity index is 0.00000312. The van der Waals surface area contributed by atoms with Crippen LogP contribution in [0.25, 0.3) is 0 Å². The summed E-state index contributed by atoms with van der Waals surface area (Å²) in [5, 5.41) is 8.57. The first kappa shape index (κ1) is 21.0. The third-order valence-electron chi connectivity index (χ3n) is 3.87. The zero-order valence-electron chi connectivity index (χ0n) is 14.3. The SMILES string of the molecule is Br.Nc1cc(Cc2ccccc2)ccc1OCCCCCCC(=O)O. The molecular formula is C20H26BrNO3. The number of benzene rings is 2. The number of unbranched alkanes of at least 4 members (excludes halogenated alkanes) is 3. The van der Waals surface area contributed by atoms with Gasteiger partial charge in [-0.3, -0.25) is 4.79 Å². The van der Waals surface area contributed by atoms with Crippen LogP contribution in [0.5, 0.6) is 5.75 Å². The summed E-state index contributed by atoms with van der Waals surface area (Å²) in [6.45, 7) is 0.606. The number of carbonyl (C=O) groups is 1. The molecule has 0 saturated heterocycles. The minimum atomic E-state index is -0.727. The van der Waals surface area contributed by atoms with Crippen LogP contribution in [0.3, 0.4) is 0 Å². The molecule has 0 fully saturated rings. The Kier molecular flexibility index (Phi) is 9.70. The lowest BCUT2D eigenvalue weighted by atomic mass is 10.0. The minimum Gasteiger partial charge on any atom is -0.491 e. The number of hydrogen-bond acceptors (Lipinski definition) is 3. The minimum absolute atomic E-state index is 0. The first-order valence-corrected chi connectivity index (χ1v) is 8.42. The Hall–Kier alpha value is -2.01. The summed E-state index contributed by atoms with van der Waals surface area (Å²) in [5.74, 6) is -0.00744. The van der Waals surface area contributed by atoms with E-state index in [9.17, 15) is 4.79 Å². The van der Waals surface area contributed by atoms with Crippen molar-refractivity contribution in [3.63, 3.8) is 0 Å². The van der Waals surface area contributed by atoms with E-state index in [1.165, 1.54) is 11.1 Å². The molecule has 2 aromatic rings. The first-order valence-electron chi connectivity index (χ1n) is 8.42. The molecule has 0 bridgehead atoms. The average molecular weight is 408 g/mol. The second kappa shape index (κ2) is 11.5. The number of aliphatic carboxylic acids is 1. The van der Waals surface area contributed by atoms with Crippen LogP contribution in [0.1, 0.15) is 43.2 Å². The number of nitrogens with two attached hydrogens (primary N) is 1. The lowest BCUT2D eigenvalue weighted by Gasteiger charge is -2.10. The van der Waals surface area contributed by atoms with Crippen LogP contribution in [0, 0.1) is 0 Å². The van der Waals surface area contributed by atoms with Gasteiger partial charge in [0.2, 0.25) is 0 Å². The van der Waals surface area contributed by atoms with Crippen molar-refractivity contribution < 1.29 is 14.6 Å². The van der Waals surface area contributed by atoms with Gasteiger partial charge in [-0.1, -0.05) is 49.2 Å². The smallest absolute Gasteiger partial charge is 0.303 e. The molecule has 0 aliphatic rings. The van der Waals surface area contributed by atoms with E-state index in [4.69, 9.17) is 15.6 Å². The molecule has 0 saturated carbocycles. The number of ether oxygens (including phenoxy) is 1. The average Bonchev–Trinajstić information content (AvgIpc) is 2.56. The van der Waals surface area contributed by atoms with E-state index >= 15 is 0 Å². The molecule has 0 heterocycles. The molecule has 0 spiro atoms. The van der Waals surface area contributed by atoms with Crippen molar-refractivity contribution in [2.75, 3.05) is 12.3 Å². The third kappa shape index (κ3) is 8.07. The van der Waals surface area contributed by atoms with Gasteiger partial charge in [0.05, 0.1) is 12.3 Å². The van der Waals surface area contributed by atoms with Gasteiger partial charge in [0.15, 0.2) is 0 Å². The summed E-state index contributed by atoms with van der Waals surface area (Å²) in [4.78, 5) is 10.4. The van der Waals surface area contributed by atoms with Crippen LogP contribution in [0.4, 0.5) is 5.69 Å². The predicted octanol–water partition coefficient (Wildman–Crippen LogP) is 4.85. The first-order chi connectivity index (χ1) is 11.6. The lowest BCUT2D eigenvalue weighted by molar-refractivity contribution is -0.137. The Labute approximate surface area is 159 Å². The van der Waals surface area contributed by atoms with Gasteiger partial charge >= 0.3 is 5.97 Å². The van der Waals surface area contributed by atoms with Crippen molar-refractivity contribution in [3.05, 3.63) is 59.7 Å². The predicted molar refractivity (Wildman–Crippen MR) is 107 cm³/mol. The van der Waals surface area contributed by atoms with Crippen molar-refractivity contribution in [1.29, 1.82) is 0 Å². The van der Waals surface area contributed by atoms with E-state index in [0.29, 0.717) is 12.3 Å². The maximum absolute atomic E-state index is 10.4. The molecule has 3 N–H and O–H groups in total. The molecule has 5 heteroatoms. The second-order valence-corrected chi connectivity index (χ2v) is 5.94. The number of carboxylic acids is 1. The Morgan fingerprint density at radius 2 is 1.68 bits per heavy atom. The summed E-state index contributed by atoms with van der Waals surface area (Å²) < 4.78 is 5.73. The Bertz CT molecular complexity index is 647. The maximum Gasteiger partial charge on any atom is 0.303 e. The summed E-state index contributed by atoms with van der Waals surface area (Å²) in [5.41, 5.74) is 9.16. The number of halogens is 1.